The Labute approximate surface area is 180 Å². The monoisotopic (exact) mass is 443 g/mol. The summed E-state index contributed by atoms with van der Waals surface area (Å²) in [5.41, 5.74) is 4.36. The fourth-order valence-corrected chi connectivity index (χ4v) is 6.88. The number of Topliss-reactive ketones (excluding diaryl/α,β-unsaturated/α-hetero) is 1. The molecule has 3 heterocycles. The van der Waals surface area contributed by atoms with Crippen molar-refractivity contribution >= 4 is 38.4 Å². The minimum absolute atomic E-state index is 0.0254. The zero-order valence-electron chi connectivity index (χ0n) is 17.2. The van der Waals surface area contributed by atoms with Gasteiger partial charge in [0.05, 0.1) is 28.3 Å². The molecule has 1 aliphatic rings. The smallest absolute Gasteiger partial charge is 0.175 e. The zero-order chi connectivity index (χ0) is 21.5. The van der Waals surface area contributed by atoms with E-state index < -0.39 is 9.84 Å². The first kappa shape index (κ1) is 20.9. The molecule has 4 rings (SSSR count). The molecule has 6 nitrogen and oxygen atoms in total. The van der Waals surface area contributed by atoms with Crippen LogP contribution in [0.2, 0.25) is 0 Å². The van der Waals surface area contributed by atoms with E-state index in [0.717, 1.165) is 27.6 Å². The summed E-state index contributed by atoms with van der Waals surface area (Å²) < 4.78 is 27.9. The standard InChI is InChI=1S/C22H25N3O3S2/c1-4-10-24-20-8-6-5-7-19(20)23-22(24)29-13-21(26)18-12-15(2)25(16(18)3)17-9-11-30(27,28)14-17/h4-8,12,17H,1,9-11,13-14H2,2-3H3. The Morgan fingerprint density at radius 3 is 2.80 bits per heavy atom. The van der Waals surface area contributed by atoms with Gasteiger partial charge in [0.25, 0.3) is 0 Å². The number of carbonyl (C=O) groups is 1. The average Bonchev–Trinajstić information content (AvgIpc) is 3.33. The number of ketones is 1. The lowest BCUT2D eigenvalue weighted by Crippen LogP contribution is -2.14. The second kappa shape index (κ2) is 8.07. The molecule has 3 aromatic rings. The quantitative estimate of drug-likeness (QED) is 0.314. The number of para-hydroxylation sites is 2. The van der Waals surface area contributed by atoms with Crippen molar-refractivity contribution in [2.24, 2.45) is 0 Å². The van der Waals surface area contributed by atoms with Crippen molar-refractivity contribution in [3.8, 4) is 0 Å². The molecular weight excluding hydrogens is 418 g/mol. The second-order valence-corrected chi connectivity index (χ2v) is 10.9. The van der Waals surface area contributed by atoms with Gasteiger partial charge < -0.3 is 9.13 Å². The number of benzene rings is 1. The Morgan fingerprint density at radius 2 is 2.10 bits per heavy atom. The molecule has 0 amide bonds. The Hall–Kier alpha value is -2.32. The van der Waals surface area contributed by atoms with Crippen LogP contribution in [0.25, 0.3) is 11.0 Å². The van der Waals surface area contributed by atoms with Gasteiger partial charge in [0.15, 0.2) is 20.8 Å². The molecule has 158 valence electrons. The van der Waals surface area contributed by atoms with Crippen molar-refractivity contribution in [1.29, 1.82) is 0 Å². The summed E-state index contributed by atoms with van der Waals surface area (Å²) in [5, 5.41) is 0.792. The van der Waals surface area contributed by atoms with Crippen molar-refractivity contribution < 1.29 is 13.2 Å². The number of nitrogens with zero attached hydrogens (tertiary/aromatic N) is 3. The predicted molar refractivity (Wildman–Crippen MR) is 121 cm³/mol. The number of aromatic nitrogens is 3. The number of allylic oxidation sites excluding steroid dienone is 1. The van der Waals surface area contributed by atoms with E-state index in [9.17, 15) is 13.2 Å². The maximum Gasteiger partial charge on any atom is 0.175 e. The normalized spacial score (nSPS) is 18.1. The number of imidazole rings is 1. The van der Waals surface area contributed by atoms with E-state index in [2.05, 4.69) is 16.1 Å². The second-order valence-electron chi connectivity index (χ2n) is 7.71. The molecule has 0 spiro atoms. The van der Waals surface area contributed by atoms with E-state index >= 15 is 0 Å². The molecule has 30 heavy (non-hydrogen) atoms. The first-order valence-corrected chi connectivity index (χ1v) is 12.7. The van der Waals surface area contributed by atoms with Crippen molar-refractivity contribution in [2.75, 3.05) is 17.3 Å². The van der Waals surface area contributed by atoms with Crippen LogP contribution in [0.3, 0.4) is 0 Å². The number of aryl methyl sites for hydroxylation is 1. The number of carbonyl (C=O) groups excluding carboxylic acids is 1. The van der Waals surface area contributed by atoms with E-state index in [1.807, 2.05) is 54.8 Å². The lowest BCUT2D eigenvalue weighted by molar-refractivity contribution is 0.102. The maximum absolute atomic E-state index is 13.0. The molecule has 1 saturated heterocycles. The molecule has 1 fully saturated rings. The summed E-state index contributed by atoms with van der Waals surface area (Å²) in [6, 6.07) is 9.70. The van der Waals surface area contributed by atoms with Crippen LogP contribution in [0.5, 0.6) is 0 Å². The molecule has 2 aromatic heterocycles. The third-order valence-corrected chi connectivity index (χ3v) is 8.35. The molecule has 0 saturated carbocycles. The van der Waals surface area contributed by atoms with Crippen molar-refractivity contribution in [3.63, 3.8) is 0 Å². The fraction of sp³-hybridized carbons (Fsp3) is 0.364. The first-order chi connectivity index (χ1) is 14.3. The average molecular weight is 444 g/mol. The molecule has 8 heteroatoms. The molecule has 0 bridgehead atoms. The molecule has 0 N–H and O–H groups in total. The minimum atomic E-state index is -2.99. The predicted octanol–water partition coefficient (Wildman–Crippen LogP) is 3.98. The van der Waals surface area contributed by atoms with Gasteiger partial charge in [-0.3, -0.25) is 4.79 Å². The van der Waals surface area contributed by atoms with E-state index in [1.54, 1.807) is 0 Å². The van der Waals surface area contributed by atoms with Gasteiger partial charge in [-0.05, 0) is 38.5 Å². The number of sulfone groups is 1. The Bertz CT molecular complexity index is 1240. The van der Waals surface area contributed by atoms with Crippen LogP contribution in [0, 0.1) is 13.8 Å². The number of hydrogen-bond acceptors (Lipinski definition) is 5. The summed E-state index contributed by atoms with van der Waals surface area (Å²) in [6.07, 6.45) is 2.43. The zero-order valence-corrected chi connectivity index (χ0v) is 18.8. The van der Waals surface area contributed by atoms with Gasteiger partial charge in [0.2, 0.25) is 0 Å². The Kier molecular flexibility index (Phi) is 5.63. The third kappa shape index (κ3) is 3.86. The fourth-order valence-electron chi connectivity index (χ4n) is 4.28. The number of hydrogen-bond donors (Lipinski definition) is 0. The minimum Gasteiger partial charge on any atom is -0.344 e. The lowest BCUT2D eigenvalue weighted by atomic mass is 10.2. The van der Waals surface area contributed by atoms with Gasteiger partial charge >= 0.3 is 0 Å². The SMILES string of the molecule is C=CCn1c(SCC(=O)c2cc(C)n(C3CCS(=O)(=O)C3)c2C)nc2ccccc21. The van der Waals surface area contributed by atoms with Crippen molar-refractivity contribution in [2.45, 2.75) is 38.0 Å². The molecule has 1 aromatic carbocycles. The summed E-state index contributed by atoms with van der Waals surface area (Å²) in [7, 11) is -2.99. The lowest BCUT2D eigenvalue weighted by Gasteiger charge is -2.16. The summed E-state index contributed by atoms with van der Waals surface area (Å²) in [4.78, 5) is 17.7. The van der Waals surface area contributed by atoms with Gasteiger partial charge in [-0.15, -0.1) is 6.58 Å². The summed E-state index contributed by atoms with van der Waals surface area (Å²) in [5.74, 6) is 0.663. The van der Waals surface area contributed by atoms with Crippen LogP contribution in [0.4, 0.5) is 0 Å². The summed E-state index contributed by atoms with van der Waals surface area (Å²) in [6.45, 7) is 8.30. The van der Waals surface area contributed by atoms with Gasteiger partial charge in [-0.2, -0.15) is 0 Å². The van der Waals surface area contributed by atoms with E-state index in [4.69, 9.17) is 0 Å². The number of fused-ring (bicyclic) bond motifs is 1. The van der Waals surface area contributed by atoms with Crippen LogP contribution in [-0.2, 0) is 16.4 Å². The van der Waals surface area contributed by atoms with E-state index in [0.29, 0.717) is 18.5 Å². The molecular formula is C22H25N3O3S2. The highest BCUT2D eigenvalue weighted by Crippen LogP contribution is 2.30. The Morgan fingerprint density at radius 1 is 1.33 bits per heavy atom. The van der Waals surface area contributed by atoms with Crippen LogP contribution in [-0.4, -0.2) is 45.6 Å². The topological polar surface area (TPSA) is 74.0 Å². The van der Waals surface area contributed by atoms with Gasteiger partial charge in [-0.25, -0.2) is 13.4 Å². The van der Waals surface area contributed by atoms with E-state index in [1.165, 1.54) is 11.8 Å². The van der Waals surface area contributed by atoms with Crippen LogP contribution in [0.1, 0.15) is 34.2 Å². The molecule has 1 unspecified atom stereocenters. The maximum atomic E-state index is 13.0. The van der Waals surface area contributed by atoms with Crippen LogP contribution in [0.15, 0.2) is 48.1 Å². The Balaban J connectivity index is 1.56. The molecule has 1 atom stereocenters. The van der Waals surface area contributed by atoms with Crippen LogP contribution < -0.4 is 0 Å². The third-order valence-electron chi connectivity index (χ3n) is 5.62. The largest absolute Gasteiger partial charge is 0.344 e. The highest BCUT2D eigenvalue weighted by atomic mass is 32.2. The van der Waals surface area contributed by atoms with Crippen molar-refractivity contribution in [1.82, 2.24) is 14.1 Å². The number of thioether (sulfide) groups is 1. The van der Waals surface area contributed by atoms with Gasteiger partial charge in [-0.1, -0.05) is 30.0 Å². The molecule has 0 radical (unpaired) electrons. The van der Waals surface area contributed by atoms with Gasteiger partial charge in [0.1, 0.15) is 0 Å². The first-order valence-electron chi connectivity index (χ1n) is 9.91. The highest BCUT2D eigenvalue weighted by Gasteiger charge is 2.31. The van der Waals surface area contributed by atoms with Crippen LogP contribution >= 0.6 is 11.8 Å². The highest BCUT2D eigenvalue weighted by molar-refractivity contribution is 7.99. The van der Waals surface area contributed by atoms with Crippen molar-refractivity contribution in [3.05, 3.63) is 59.9 Å². The number of rotatable bonds is 7. The molecule has 0 aliphatic carbocycles. The van der Waals surface area contributed by atoms with E-state index in [-0.39, 0.29) is 29.1 Å². The summed E-state index contributed by atoms with van der Waals surface area (Å²) >= 11 is 1.42. The van der Waals surface area contributed by atoms with Gasteiger partial charge in [0, 0.05) is 29.5 Å². The molecule has 1 aliphatic heterocycles.